The minimum Gasteiger partial charge on any atom is -0.389 e. The summed E-state index contributed by atoms with van der Waals surface area (Å²) < 4.78 is 6.88. The van der Waals surface area contributed by atoms with Crippen molar-refractivity contribution < 1.29 is 9.84 Å². The molecule has 0 saturated carbocycles. The number of ether oxygens (including phenoxy) is 1. The highest BCUT2D eigenvalue weighted by atomic mass is 35.5. The number of nitrogens with zero attached hydrogens (tertiary/aromatic N) is 2. The zero-order valence-corrected chi connectivity index (χ0v) is 17.0. The van der Waals surface area contributed by atoms with Crippen molar-refractivity contribution in [2.75, 3.05) is 13.2 Å². The third-order valence-electron chi connectivity index (χ3n) is 5.83. The molecule has 0 radical (unpaired) electrons. The van der Waals surface area contributed by atoms with E-state index in [1.54, 1.807) is 10.9 Å². The number of aliphatic hydroxyl groups is 1. The molecule has 1 aliphatic heterocycles. The van der Waals surface area contributed by atoms with E-state index in [1.807, 2.05) is 48.5 Å². The van der Waals surface area contributed by atoms with E-state index in [0.717, 1.165) is 21.9 Å². The van der Waals surface area contributed by atoms with Gasteiger partial charge in [-0.3, -0.25) is 9.36 Å². The molecule has 0 spiro atoms. The van der Waals surface area contributed by atoms with Crippen LogP contribution >= 0.6 is 11.6 Å². The van der Waals surface area contributed by atoms with Crippen LogP contribution in [-0.4, -0.2) is 34.0 Å². The molecule has 152 valence electrons. The number of aromatic nitrogens is 2. The van der Waals surface area contributed by atoms with Gasteiger partial charge >= 0.3 is 0 Å². The second-order valence-corrected chi connectivity index (χ2v) is 8.17. The van der Waals surface area contributed by atoms with Gasteiger partial charge in [-0.15, -0.1) is 0 Å². The quantitative estimate of drug-likeness (QED) is 0.506. The van der Waals surface area contributed by atoms with E-state index < -0.39 is 6.10 Å². The third-order valence-corrected chi connectivity index (χ3v) is 6.09. The molecule has 0 unspecified atom stereocenters. The van der Waals surface area contributed by atoms with E-state index in [2.05, 4.69) is 11.1 Å². The molecule has 0 bridgehead atoms. The van der Waals surface area contributed by atoms with Crippen molar-refractivity contribution in [3.8, 4) is 0 Å². The predicted octanol–water partition coefficient (Wildman–Crippen LogP) is 4.12. The monoisotopic (exact) mass is 420 g/mol. The molecule has 0 amide bonds. The van der Waals surface area contributed by atoms with E-state index in [-0.39, 0.29) is 18.2 Å². The topological polar surface area (TPSA) is 64.4 Å². The van der Waals surface area contributed by atoms with Crippen LogP contribution in [0.25, 0.3) is 21.7 Å². The lowest BCUT2D eigenvalue weighted by Gasteiger charge is -2.29. The van der Waals surface area contributed by atoms with Gasteiger partial charge in [0.1, 0.15) is 0 Å². The molecule has 6 heteroatoms. The fraction of sp³-hybridized carbons (Fsp3) is 0.250. The fourth-order valence-electron chi connectivity index (χ4n) is 4.29. The molecule has 1 aliphatic rings. The van der Waals surface area contributed by atoms with Gasteiger partial charge in [0.25, 0.3) is 5.56 Å². The van der Waals surface area contributed by atoms with Crippen LogP contribution in [0.2, 0.25) is 5.02 Å². The Morgan fingerprint density at radius 2 is 1.87 bits per heavy atom. The van der Waals surface area contributed by atoms with Crippen LogP contribution in [0.1, 0.15) is 23.6 Å². The first kappa shape index (κ1) is 19.2. The molecule has 1 N–H and O–H groups in total. The Morgan fingerprint density at radius 3 is 2.63 bits per heavy atom. The molecule has 2 heterocycles. The summed E-state index contributed by atoms with van der Waals surface area (Å²) in [5.74, 6) is 0. The van der Waals surface area contributed by atoms with Gasteiger partial charge in [0.15, 0.2) is 0 Å². The van der Waals surface area contributed by atoms with Crippen LogP contribution in [0.4, 0.5) is 0 Å². The van der Waals surface area contributed by atoms with Crippen LogP contribution in [0, 0.1) is 0 Å². The van der Waals surface area contributed by atoms with E-state index in [0.29, 0.717) is 35.4 Å². The van der Waals surface area contributed by atoms with Gasteiger partial charge in [0.05, 0.1) is 36.0 Å². The largest absolute Gasteiger partial charge is 0.389 e. The van der Waals surface area contributed by atoms with Gasteiger partial charge in [-0.05, 0) is 47.6 Å². The van der Waals surface area contributed by atoms with E-state index >= 15 is 0 Å². The van der Waals surface area contributed by atoms with Crippen molar-refractivity contribution in [1.82, 2.24) is 9.55 Å². The zero-order chi connectivity index (χ0) is 20.7. The van der Waals surface area contributed by atoms with E-state index in [4.69, 9.17) is 16.3 Å². The number of aliphatic hydroxyl groups excluding tert-OH is 1. The molecule has 1 saturated heterocycles. The van der Waals surface area contributed by atoms with Crippen LogP contribution < -0.4 is 5.56 Å². The maximum Gasteiger partial charge on any atom is 0.261 e. The summed E-state index contributed by atoms with van der Waals surface area (Å²) in [6, 6.07) is 17.4. The number of halogens is 1. The molecule has 1 aromatic heterocycles. The normalized spacial score (nSPS) is 19.4. The Bertz CT molecular complexity index is 1280. The Kier molecular flexibility index (Phi) is 5.03. The summed E-state index contributed by atoms with van der Waals surface area (Å²) in [4.78, 5) is 18.1. The number of rotatable bonds is 3. The SMILES string of the molecule is O=c1c2cc(Cc3ccc(Cl)cc3)c3ccccc3c2ncn1[C@H]1CCOC[C@@H]1O. The first-order valence-electron chi connectivity index (χ1n) is 10.0. The summed E-state index contributed by atoms with van der Waals surface area (Å²) >= 11 is 6.03. The molecule has 3 aromatic carbocycles. The minimum atomic E-state index is -0.718. The van der Waals surface area contributed by atoms with E-state index in [1.165, 1.54) is 0 Å². The first-order chi connectivity index (χ1) is 14.6. The molecule has 5 rings (SSSR count). The van der Waals surface area contributed by atoms with Gasteiger partial charge in [-0.2, -0.15) is 0 Å². The maximum absolute atomic E-state index is 13.4. The van der Waals surface area contributed by atoms with Gasteiger partial charge < -0.3 is 9.84 Å². The highest BCUT2D eigenvalue weighted by Gasteiger charge is 2.27. The van der Waals surface area contributed by atoms with Gasteiger partial charge in [-0.1, -0.05) is 48.0 Å². The second kappa shape index (κ2) is 7.84. The smallest absolute Gasteiger partial charge is 0.261 e. The second-order valence-electron chi connectivity index (χ2n) is 7.74. The molecule has 1 fully saturated rings. The molecule has 5 nitrogen and oxygen atoms in total. The highest BCUT2D eigenvalue weighted by molar-refractivity contribution is 6.30. The average molecular weight is 421 g/mol. The van der Waals surface area contributed by atoms with Crippen molar-refractivity contribution in [2.45, 2.75) is 25.0 Å². The van der Waals surface area contributed by atoms with Crippen molar-refractivity contribution in [2.24, 2.45) is 0 Å². The van der Waals surface area contributed by atoms with Gasteiger partial charge in [0.2, 0.25) is 0 Å². The first-order valence-corrected chi connectivity index (χ1v) is 10.4. The van der Waals surface area contributed by atoms with Crippen LogP contribution in [0.5, 0.6) is 0 Å². The van der Waals surface area contributed by atoms with Crippen molar-refractivity contribution >= 4 is 33.3 Å². The minimum absolute atomic E-state index is 0.131. The fourth-order valence-corrected chi connectivity index (χ4v) is 4.42. The predicted molar refractivity (Wildman–Crippen MR) is 118 cm³/mol. The Morgan fingerprint density at radius 1 is 1.10 bits per heavy atom. The molecule has 30 heavy (non-hydrogen) atoms. The Labute approximate surface area is 178 Å². The summed E-state index contributed by atoms with van der Waals surface area (Å²) in [7, 11) is 0. The summed E-state index contributed by atoms with van der Waals surface area (Å²) in [5.41, 5.74) is 2.74. The van der Waals surface area contributed by atoms with Gasteiger partial charge in [0, 0.05) is 17.0 Å². The Balaban J connectivity index is 1.70. The summed E-state index contributed by atoms with van der Waals surface area (Å²) in [6.07, 6.45) is 2.11. The number of benzene rings is 3. The van der Waals surface area contributed by atoms with Crippen molar-refractivity contribution in [1.29, 1.82) is 0 Å². The maximum atomic E-state index is 13.4. The molecule has 4 aromatic rings. The average Bonchev–Trinajstić information content (AvgIpc) is 2.77. The number of fused-ring (bicyclic) bond motifs is 3. The molecule has 0 aliphatic carbocycles. The van der Waals surface area contributed by atoms with Crippen LogP contribution in [-0.2, 0) is 11.2 Å². The lowest BCUT2D eigenvalue weighted by Crippen LogP contribution is -2.39. The molecular formula is C24H21ClN2O3. The number of hydrogen-bond acceptors (Lipinski definition) is 4. The number of hydrogen-bond donors (Lipinski definition) is 1. The van der Waals surface area contributed by atoms with E-state index in [9.17, 15) is 9.90 Å². The van der Waals surface area contributed by atoms with Crippen LogP contribution in [0.3, 0.4) is 0 Å². The highest BCUT2D eigenvalue weighted by Crippen LogP contribution is 2.29. The summed E-state index contributed by atoms with van der Waals surface area (Å²) in [6.45, 7) is 0.750. The Hall–Kier alpha value is -2.73. The van der Waals surface area contributed by atoms with Crippen molar-refractivity contribution in [3.63, 3.8) is 0 Å². The van der Waals surface area contributed by atoms with Crippen molar-refractivity contribution in [3.05, 3.63) is 87.4 Å². The third kappa shape index (κ3) is 3.39. The van der Waals surface area contributed by atoms with Crippen LogP contribution in [0.15, 0.2) is 65.7 Å². The summed E-state index contributed by atoms with van der Waals surface area (Å²) in [5, 5.41) is 13.6. The molecule has 2 atom stereocenters. The molecular weight excluding hydrogens is 400 g/mol. The zero-order valence-electron chi connectivity index (χ0n) is 16.3. The lowest BCUT2D eigenvalue weighted by molar-refractivity contribution is -0.0395. The lowest BCUT2D eigenvalue weighted by atomic mass is 9.96. The standard InChI is InChI=1S/C24H21ClN2O3/c25-17-7-5-15(6-8-17)11-16-12-20-23(19-4-2-1-3-18(16)19)26-14-27(24(20)29)21-9-10-30-13-22(21)28/h1-8,12,14,21-22,28H,9-11,13H2/t21-,22-/m0/s1. The van der Waals surface area contributed by atoms with Gasteiger partial charge in [-0.25, -0.2) is 4.98 Å².